The summed E-state index contributed by atoms with van der Waals surface area (Å²) < 4.78 is 0. The summed E-state index contributed by atoms with van der Waals surface area (Å²) in [4.78, 5) is 14.7. The fraction of sp³-hybridized carbons (Fsp3) is 0.312. The summed E-state index contributed by atoms with van der Waals surface area (Å²) in [6, 6.07) is 8.79. The van der Waals surface area contributed by atoms with Crippen molar-refractivity contribution in [2.75, 3.05) is 5.32 Å². The van der Waals surface area contributed by atoms with Gasteiger partial charge in [-0.25, -0.2) is 0 Å². The topological polar surface area (TPSA) is 68.1 Å². The molecule has 0 saturated carbocycles. The fourth-order valence-electron chi connectivity index (χ4n) is 2.27. The van der Waals surface area contributed by atoms with Gasteiger partial charge >= 0.3 is 0 Å². The molecule has 2 rings (SSSR count). The van der Waals surface area contributed by atoms with Gasteiger partial charge in [-0.1, -0.05) is 25.5 Å². The minimum absolute atomic E-state index is 0.0396. The van der Waals surface area contributed by atoms with Gasteiger partial charge in [0, 0.05) is 18.3 Å². The van der Waals surface area contributed by atoms with Crippen LogP contribution in [0.25, 0.3) is 0 Å². The minimum Gasteiger partial charge on any atom is -0.377 e. The van der Waals surface area contributed by atoms with Gasteiger partial charge in [0.15, 0.2) is 0 Å². The molecule has 110 valence electrons. The van der Waals surface area contributed by atoms with E-state index in [1.807, 2.05) is 19.1 Å². The van der Waals surface area contributed by atoms with Crippen molar-refractivity contribution in [1.82, 2.24) is 4.98 Å². The summed E-state index contributed by atoms with van der Waals surface area (Å²) in [6.45, 7) is 4.11. The van der Waals surface area contributed by atoms with Crippen LogP contribution in [-0.4, -0.2) is 9.91 Å². The molecule has 0 aliphatic heterocycles. The first-order chi connectivity index (χ1) is 10.1. The number of aryl methyl sites for hydroxylation is 1. The largest absolute Gasteiger partial charge is 0.377 e. The van der Waals surface area contributed by atoms with Gasteiger partial charge in [-0.2, -0.15) is 0 Å². The summed E-state index contributed by atoms with van der Waals surface area (Å²) in [5.74, 6) is 0. The molecule has 0 fully saturated rings. The van der Waals surface area contributed by atoms with Crippen LogP contribution in [0.3, 0.4) is 0 Å². The lowest BCUT2D eigenvalue weighted by molar-refractivity contribution is -0.384. The molecular formula is C16H19N3O2. The first-order valence-corrected chi connectivity index (χ1v) is 7.03. The van der Waals surface area contributed by atoms with Gasteiger partial charge in [0.25, 0.3) is 5.69 Å². The third-order valence-electron chi connectivity index (χ3n) is 3.43. The van der Waals surface area contributed by atoms with E-state index in [1.165, 1.54) is 6.07 Å². The SMILES string of the molecule is CCCC(Nc1cnccc1C)c1cccc([N+](=O)[O-])c1. The lowest BCUT2D eigenvalue weighted by atomic mass is 10.0. The van der Waals surface area contributed by atoms with Gasteiger partial charge in [0.2, 0.25) is 0 Å². The smallest absolute Gasteiger partial charge is 0.269 e. The maximum absolute atomic E-state index is 10.9. The molecule has 1 N–H and O–H groups in total. The zero-order valence-corrected chi connectivity index (χ0v) is 12.2. The van der Waals surface area contributed by atoms with E-state index >= 15 is 0 Å². The molecule has 0 bridgehead atoms. The molecule has 0 aliphatic rings. The van der Waals surface area contributed by atoms with Crippen molar-refractivity contribution in [3.63, 3.8) is 0 Å². The standard InChI is InChI=1S/C16H19N3O2/c1-3-5-15(18-16-11-17-9-8-12(16)2)13-6-4-7-14(10-13)19(20)21/h4,6-11,15,18H,3,5H2,1-2H3. The first kappa shape index (κ1) is 15.0. The average molecular weight is 285 g/mol. The van der Waals surface area contributed by atoms with Crippen molar-refractivity contribution in [3.05, 3.63) is 64.0 Å². The van der Waals surface area contributed by atoms with Crippen LogP contribution in [0.4, 0.5) is 11.4 Å². The van der Waals surface area contributed by atoms with Crippen molar-refractivity contribution < 1.29 is 4.92 Å². The van der Waals surface area contributed by atoms with E-state index in [4.69, 9.17) is 0 Å². The number of nitrogens with one attached hydrogen (secondary N) is 1. The summed E-state index contributed by atoms with van der Waals surface area (Å²) >= 11 is 0. The van der Waals surface area contributed by atoms with Gasteiger partial charge in [-0.15, -0.1) is 0 Å². The highest BCUT2D eigenvalue weighted by molar-refractivity contribution is 5.50. The Morgan fingerprint density at radius 1 is 1.38 bits per heavy atom. The predicted octanol–water partition coefficient (Wildman–Crippen LogP) is 4.25. The molecule has 21 heavy (non-hydrogen) atoms. The van der Waals surface area contributed by atoms with E-state index in [2.05, 4.69) is 17.2 Å². The van der Waals surface area contributed by atoms with Crippen molar-refractivity contribution in [2.24, 2.45) is 0 Å². The summed E-state index contributed by atoms with van der Waals surface area (Å²) in [5, 5.41) is 14.4. The van der Waals surface area contributed by atoms with Crippen molar-refractivity contribution in [2.45, 2.75) is 32.7 Å². The molecule has 5 heteroatoms. The van der Waals surface area contributed by atoms with Crippen LogP contribution in [0.5, 0.6) is 0 Å². The predicted molar refractivity (Wildman–Crippen MR) is 83.3 cm³/mol. The highest BCUT2D eigenvalue weighted by Gasteiger charge is 2.15. The van der Waals surface area contributed by atoms with E-state index in [9.17, 15) is 10.1 Å². The zero-order valence-electron chi connectivity index (χ0n) is 12.2. The molecule has 1 unspecified atom stereocenters. The number of anilines is 1. The number of nitrogens with zero attached hydrogens (tertiary/aromatic N) is 2. The van der Waals surface area contributed by atoms with Gasteiger partial charge in [0.05, 0.1) is 22.8 Å². The van der Waals surface area contributed by atoms with Crippen LogP contribution >= 0.6 is 0 Å². The summed E-state index contributed by atoms with van der Waals surface area (Å²) in [7, 11) is 0. The van der Waals surface area contributed by atoms with Crippen LogP contribution < -0.4 is 5.32 Å². The number of benzene rings is 1. The van der Waals surface area contributed by atoms with E-state index in [0.717, 1.165) is 29.7 Å². The number of hydrogen-bond acceptors (Lipinski definition) is 4. The molecule has 0 radical (unpaired) electrons. The first-order valence-electron chi connectivity index (χ1n) is 7.03. The van der Waals surface area contributed by atoms with Crippen molar-refractivity contribution in [3.8, 4) is 0 Å². The van der Waals surface area contributed by atoms with E-state index < -0.39 is 0 Å². The number of aromatic nitrogens is 1. The lowest BCUT2D eigenvalue weighted by Gasteiger charge is -2.20. The third-order valence-corrected chi connectivity index (χ3v) is 3.43. The Balaban J connectivity index is 2.28. The van der Waals surface area contributed by atoms with Crippen LogP contribution in [0.1, 0.15) is 36.9 Å². The van der Waals surface area contributed by atoms with Gasteiger partial charge in [-0.3, -0.25) is 15.1 Å². The van der Waals surface area contributed by atoms with Crippen LogP contribution in [-0.2, 0) is 0 Å². The monoisotopic (exact) mass is 285 g/mol. The Morgan fingerprint density at radius 3 is 2.86 bits per heavy atom. The van der Waals surface area contributed by atoms with Gasteiger partial charge in [0.1, 0.15) is 0 Å². The second-order valence-corrected chi connectivity index (χ2v) is 5.03. The summed E-state index contributed by atoms with van der Waals surface area (Å²) in [6.07, 6.45) is 5.42. The highest BCUT2D eigenvalue weighted by atomic mass is 16.6. The van der Waals surface area contributed by atoms with E-state index in [-0.39, 0.29) is 16.7 Å². The quantitative estimate of drug-likeness (QED) is 0.636. The maximum Gasteiger partial charge on any atom is 0.269 e. The number of non-ortho nitro benzene ring substituents is 1. The maximum atomic E-state index is 10.9. The third kappa shape index (κ3) is 3.78. The Kier molecular flexibility index (Phi) is 4.87. The molecule has 0 aliphatic carbocycles. The second-order valence-electron chi connectivity index (χ2n) is 5.03. The molecule has 0 spiro atoms. The van der Waals surface area contributed by atoms with E-state index in [0.29, 0.717) is 0 Å². The molecule has 2 aromatic rings. The molecule has 1 atom stereocenters. The number of nitro groups is 1. The highest BCUT2D eigenvalue weighted by Crippen LogP contribution is 2.27. The Hall–Kier alpha value is -2.43. The van der Waals surface area contributed by atoms with Crippen LogP contribution in [0.15, 0.2) is 42.7 Å². The molecule has 5 nitrogen and oxygen atoms in total. The normalized spacial score (nSPS) is 11.9. The fourth-order valence-corrected chi connectivity index (χ4v) is 2.27. The number of hydrogen-bond donors (Lipinski definition) is 1. The number of nitro benzene ring substituents is 1. The van der Waals surface area contributed by atoms with Crippen molar-refractivity contribution in [1.29, 1.82) is 0 Å². The zero-order chi connectivity index (χ0) is 15.2. The number of pyridine rings is 1. The molecule has 1 aromatic heterocycles. The Bertz CT molecular complexity index is 628. The molecule has 0 saturated heterocycles. The number of rotatable bonds is 6. The minimum atomic E-state index is -0.359. The molecular weight excluding hydrogens is 266 g/mol. The Labute approximate surface area is 124 Å². The van der Waals surface area contributed by atoms with Crippen LogP contribution in [0.2, 0.25) is 0 Å². The molecule has 1 heterocycles. The second kappa shape index (κ2) is 6.83. The average Bonchev–Trinajstić information content (AvgIpc) is 2.49. The molecule has 0 amide bonds. The summed E-state index contributed by atoms with van der Waals surface area (Å²) in [5.41, 5.74) is 3.12. The molecule has 1 aromatic carbocycles. The Morgan fingerprint density at radius 2 is 2.19 bits per heavy atom. The van der Waals surface area contributed by atoms with Crippen LogP contribution in [0, 0.1) is 17.0 Å². The van der Waals surface area contributed by atoms with Crippen molar-refractivity contribution >= 4 is 11.4 Å². The van der Waals surface area contributed by atoms with E-state index in [1.54, 1.807) is 24.5 Å². The van der Waals surface area contributed by atoms with Gasteiger partial charge < -0.3 is 5.32 Å². The lowest BCUT2D eigenvalue weighted by Crippen LogP contribution is -2.12. The van der Waals surface area contributed by atoms with Gasteiger partial charge in [-0.05, 0) is 30.5 Å².